The lowest BCUT2D eigenvalue weighted by Crippen LogP contribution is -2.26. The van der Waals surface area contributed by atoms with Crippen LogP contribution in [0.2, 0.25) is 0 Å². The Morgan fingerprint density at radius 3 is 2.33 bits per heavy atom. The molecule has 3 aromatic rings. The molecule has 0 aliphatic rings. The summed E-state index contributed by atoms with van der Waals surface area (Å²) in [6, 6.07) is 18.5. The van der Waals surface area contributed by atoms with Crippen LogP contribution < -0.4 is 9.73 Å². The Balaban J connectivity index is 1.69. The minimum absolute atomic E-state index is 0.184. The first-order valence-electron chi connectivity index (χ1n) is 9.02. The van der Waals surface area contributed by atoms with Gasteiger partial charge in [0.1, 0.15) is 5.82 Å². The van der Waals surface area contributed by atoms with Crippen LogP contribution in [0.5, 0.6) is 0 Å². The highest BCUT2D eigenvalue weighted by Crippen LogP contribution is 2.22. The van der Waals surface area contributed by atoms with Gasteiger partial charge < -0.3 is 0 Å². The van der Waals surface area contributed by atoms with Crippen molar-refractivity contribution in [2.45, 2.75) is 11.8 Å². The first-order valence-corrected chi connectivity index (χ1v) is 10.5. The maximum atomic E-state index is 13.1. The minimum Gasteiger partial charge on any atom is -0.269 e. The highest BCUT2D eigenvalue weighted by molar-refractivity contribution is 7.92. The normalized spacial score (nSPS) is 11.4. The van der Waals surface area contributed by atoms with Crippen molar-refractivity contribution in [2.24, 2.45) is 5.10 Å². The van der Waals surface area contributed by atoms with Gasteiger partial charge >= 0.3 is 0 Å². The molecule has 1 amide bonds. The van der Waals surface area contributed by atoms with E-state index in [0.717, 1.165) is 9.87 Å². The molecule has 0 heterocycles. The predicted octanol–water partition coefficient (Wildman–Crippen LogP) is 3.72. The average molecular weight is 425 g/mol. The molecule has 0 bridgehead atoms. The van der Waals surface area contributed by atoms with E-state index in [-0.39, 0.29) is 4.90 Å². The van der Waals surface area contributed by atoms with E-state index in [4.69, 9.17) is 0 Å². The molecule has 0 aliphatic heterocycles. The second-order valence-electron chi connectivity index (χ2n) is 6.59. The van der Waals surface area contributed by atoms with Crippen molar-refractivity contribution < 1.29 is 17.6 Å². The highest BCUT2D eigenvalue weighted by Gasteiger charge is 2.21. The number of benzene rings is 3. The van der Waals surface area contributed by atoms with Crippen molar-refractivity contribution in [3.63, 3.8) is 0 Å². The largest absolute Gasteiger partial charge is 0.271 e. The van der Waals surface area contributed by atoms with Crippen LogP contribution in [-0.2, 0) is 10.0 Å². The maximum absolute atomic E-state index is 13.1. The Kier molecular flexibility index (Phi) is 6.27. The molecule has 0 unspecified atom stereocenters. The maximum Gasteiger partial charge on any atom is 0.271 e. The van der Waals surface area contributed by atoms with E-state index < -0.39 is 21.7 Å². The van der Waals surface area contributed by atoms with E-state index in [9.17, 15) is 17.6 Å². The fourth-order valence-corrected chi connectivity index (χ4v) is 3.84. The van der Waals surface area contributed by atoms with Crippen LogP contribution in [-0.4, -0.2) is 27.6 Å². The van der Waals surface area contributed by atoms with Crippen LogP contribution in [0.1, 0.15) is 21.5 Å². The summed E-state index contributed by atoms with van der Waals surface area (Å²) in [5, 5.41) is 3.81. The molecule has 3 rings (SSSR count). The highest BCUT2D eigenvalue weighted by atomic mass is 32.2. The molecule has 0 spiro atoms. The summed E-state index contributed by atoms with van der Waals surface area (Å²) in [4.78, 5) is 12.4. The fraction of sp³-hybridized carbons (Fsp3) is 0.0909. The number of nitrogens with zero attached hydrogens (tertiary/aromatic N) is 2. The topological polar surface area (TPSA) is 78.8 Å². The van der Waals surface area contributed by atoms with Crippen molar-refractivity contribution in [3.05, 3.63) is 95.3 Å². The Morgan fingerprint density at radius 2 is 1.70 bits per heavy atom. The number of amides is 1. The number of hydrazone groups is 1. The Bertz CT molecular complexity index is 1180. The summed E-state index contributed by atoms with van der Waals surface area (Å²) < 4.78 is 39.8. The van der Waals surface area contributed by atoms with E-state index >= 15 is 0 Å². The van der Waals surface area contributed by atoms with Crippen LogP contribution in [0.25, 0.3) is 0 Å². The molecule has 0 aliphatic carbocycles. The van der Waals surface area contributed by atoms with E-state index in [1.54, 1.807) is 36.4 Å². The molecule has 0 fully saturated rings. The van der Waals surface area contributed by atoms with Gasteiger partial charge in [0.2, 0.25) is 0 Å². The molecule has 1 N–H and O–H groups in total. The van der Waals surface area contributed by atoms with Crippen LogP contribution in [0.4, 0.5) is 10.1 Å². The molecule has 8 heteroatoms. The SMILES string of the molecule is Cc1ccc(S(=O)(=O)N(C)c2ccc(C(=O)N/N=C\c3cccc(F)c3)cc2)cc1. The molecule has 30 heavy (non-hydrogen) atoms. The van der Waals surface area contributed by atoms with Gasteiger partial charge in [-0.2, -0.15) is 5.10 Å². The Labute approximate surface area is 174 Å². The summed E-state index contributed by atoms with van der Waals surface area (Å²) in [7, 11) is -2.26. The number of rotatable bonds is 6. The number of sulfonamides is 1. The summed E-state index contributed by atoms with van der Waals surface area (Å²) >= 11 is 0. The van der Waals surface area contributed by atoms with E-state index in [1.165, 1.54) is 49.7 Å². The molecule has 0 aromatic heterocycles. The summed E-state index contributed by atoms with van der Waals surface area (Å²) in [6.07, 6.45) is 1.33. The van der Waals surface area contributed by atoms with Gasteiger partial charge in [0.25, 0.3) is 15.9 Å². The van der Waals surface area contributed by atoms with Gasteiger partial charge in [0.05, 0.1) is 16.8 Å². The smallest absolute Gasteiger partial charge is 0.269 e. The van der Waals surface area contributed by atoms with Crippen molar-refractivity contribution in [2.75, 3.05) is 11.4 Å². The van der Waals surface area contributed by atoms with Crippen LogP contribution >= 0.6 is 0 Å². The molecular weight excluding hydrogens is 405 g/mol. The summed E-state index contributed by atoms with van der Waals surface area (Å²) in [5.41, 5.74) is 4.54. The van der Waals surface area contributed by atoms with Crippen LogP contribution in [0.15, 0.2) is 82.8 Å². The number of nitrogens with one attached hydrogen (secondary N) is 1. The third kappa shape index (κ3) is 4.90. The lowest BCUT2D eigenvalue weighted by molar-refractivity contribution is 0.0955. The first-order chi connectivity index (χ1) is 14.3. The van der Waals surface area contributed by atoms with Crippen molar-refractivity contribution >= 4 is 27.8 Å². The number of aryl methyl sites for hydroxylation is 1. The monoisotopic (exact) mass is 425 g/mol. The zero-order valence-corrected chi connectivity index (χ0v) is 17.2. The second-order valence-corrected chi connectivity index (χ2v) is 8.56. The first kappa shape index (κ1) is 21.2. The zero-order chi connectivity index (χ0) is 21.7. The van der Waals surface area contributed by atoms with Crippen molar-refractivity contribution in [3.8, 4) is 0 Å². The Hall–Kier alpha value is -3.52. The fourth-order valence-electron chi connectivity index (χ4n) is 2.65. The lowest BCUT2D eigenvalue weighted by atomic mass is 10.2. The third-order valence-corrected chi connectivity index (χ3v) is 6.20. The van der Waals surface area contributed by atoms with Gasteiger partial charge in [0.15, 0.2) is 0 Å². The Morgan fingerprint density at radius 1 is 1.03 bits per heavy atom. The number of anilines is 1. The van der Waals surface area contributed by atoms with Gasteiger partial charge in [-0.3, -0.25) is 9.10 Å². The standard InChI is InChI=1S/C22H20FN3O3S/c1-16-6-12-21(13-7-16)30(28,29)26(2)20-10-8-18(9-11-20)22(27)25-24-15-17-4-3-5-19(23)14-17/h3-15H,1-2H3,(H,25,27)/b24-15-. The molecule has 0 saturated carbocycles. The van der Waals surface area contributed by atoms with E-state index in [2.05, 4.69) is 10.5 Å². The molecular formula is C22H20FN3O3S. The van der Waals surface area contributed by atoms with E-state index in [0.29, 0.717) is 16.8 Å². The molecule has 0 radical (unpaired) electrons. The second kappa shape index (κ2) is 8.87. The quantitative estimate of drug-likeness (QED) is 0.483. The van der Waals surface area contributed by atoms with Gasteiger partial charge in [-0.05, 0) is 61.0 Å². The molecule has 3 aromatic carbocycles. The van der Waals surface area contributed by atoms with Crippen molar-refractivity contribution in [1.29, 1.82) is 0 Å². The molecule has 154 valence electrons. The summed E-state index contributed by atoms with van der Waals surface area (Å²) in [6.45, 7) is 1.88. The lowest BCUT2D eigenvalue weighted by Gasteiger charge is -2.19. The third-order valence-electron chi connectivity index (χ3n) is 4.40. The van der Waals surface area contributed by atoms with Crippen molar-refractivity contribution in [1.82, 2.24) is 5.43 Å². The zero-order valence-electron chi connectivity index (χ0n) is 16.4. The predicted molar refractivity (Wildman–Crippen MR) is 115 cm³/mol. The van der Waals surface area contributed by atoms with Crippen LogP contribution in [0.3, 0.4) is 0 Å². The number of carbonyl (C=O) groups is 1. The molecule has 0 saturated heterocycles. The van der Waals surface area contributed by atoms with E-state index in [1.807, 2.05) is 6.92 Å². The average Bonchev–Trinajstić information content (AvgIpc) is 2.73. The molecule has 6 nitrogen and oxygen atoms in total. The number of carbonyl (C=O) groups excluding carboxylic acids is 1. The van der Waals surface area contributed by atoms with Gasteiger partial charge in [-0.25, -0.2) is 18.2 Å². The van der Waals surface area contributed by atoms with Gasteiger partial charge in [-0.1, -0.05) is 29.8 Å². The van der Waals surface area contributed by atoms with Gasteiger partial charge in [-0.15, -0.1) is 0 Å². The number of hydrogen-bond acceptors (Lipinski definition) is 4. The van der Waals surface area contributed by atoms with Gasteiger partial charge in [0, 0.05) is 12.6 Å². The number of hydrogen-bond donors (Lipinski definition) is 1. The molecule has 0 atom stereocenters. The number of halogens is 1. The van der Waals surface area contributed by atoms with Crippen LogP contribution in [0, 0.1) is 12.7 Å². The summed E-state index contributed by atoms with van der Waals surface area (Å²) in [5.74, 6) is -0.871. The minimum atomic E-state index is -3.71.